The van der Waals surface area contributed by atoms with Crippen molar-refractivity contribution in [3.63, 3.8) is 0 Å². The normalized spacial score (nSPS) is 5.05. The number of carbonyl (C=O) groups excluding carboxylic acids is 1. The molecule has 0 unspecified atom stereocenters. The van der Waals surface area contributed by atoms with Crippen LogP contribution in [0.3, 0.4) is 0 Å². The Labute approximate surface area is 176 Å². The molecule has 0 aliphatic heterocycles. The van der Waals surface area contributed by atoms with Crippen LogP contribution >= 0.6 is 0 Å². The first kappa shape index (κ1) is 50.1. The van der Waals surface area contributed by atoms with E-state index >= 15 is 0 Å². The van der Waals surface area contributed by atoms with Gasteiger partial charge in [0.15, 0.2) is 0 Å². The van der Waals surface area contributed by atoms with E-state index in [1.54, 1.807) is 13.8 Å². The molecule has 0 aliphatic rings. The van der Waals surface area contributed by atoms with Gasteiger partial charge in [0.1, 0.15) is 0 Å². The molecule has 0 amide bonds. The molecule has 0 atom stereocenters. The summed E-state index contributed by atoms with van der Waals surface area (Å²) in [5.74, 6) is 0. The summed E-state index contributed by atoms with van der Waals surface area (Å²) in [5.41, 5.74) is 0. The van der Waals surface area contributed by atoms with E-state index in [1.165, 1.54) is 7.11 Å². The number of aliphatic hydroxyl groups excluding tert-OH is 1. The molecule has 9 heteroatoms. The van der Waals surface area contributed by atoms with Crippen molar-refractivity contribution in [3.8, 4) is 0 Å². The minimum absolute atomic E-state index is 0. The van der Waals surface area contributed by atoms with Crippen LogP contribution in [0.15, 0.2) is 0 Å². The summed E-state index contributed by atoms with van der Waals surface area (Å²) in [6, 6.07) is 0. The van der Waals surface area contributed by atoms with Crippen LogP contribution in [0.2, 0.25) is 0 Å². The van der Waals surface area contributed by atoms with E-state index in [9.17, 15) is 4.79 Å². The maximum Gasteiger partial charge on any atom is 0.507 e. The predicted octanol–water partition coefficient (Wildman–Crippen LogP) is 2.92. The zero-order valence-corrected chi connectivity index (χ0v) is 10.5. The maximum atomic E-state index is 9.97. The second-order valence-corrected chi connectivity index (χ2v) is 1.49. The molecule has 0 rings (SSSR count). The number of aliphatic hydroxyl groups is 1. The second kappa shape index (κ2) is 50.9. The van der Waals surface area contributed by atoms with E-state index < -0.39 is 12.3 Å². The van der Waals surface area contributed by atoms with Crippen LogP contribution in [0, 0.1) is 75.5 Å². The smallest absolute Gasteiger partial charge is 0.450 e. The molecule has 0 fully saturated rings. The summed E-state index contributed by atoms with van der Waals surface area (Å²) in [7, 11) is 1.28. The number of carboxylic acid groups (broad SMARTS) is 2. The SMILES string of the molecule is C.C.C.CCO.CCOC(=O)OC.O=C(O)O.[Ar].[Ar]. The monoisotopic (exact) mass is 340 g/mol. The van der Waals surface area contributed by atoms with Gasteiger partial charge in [-0.05, 0) is 13.8 Å². The Bertz CT molecular complexity index is 142. The predicted molar refractivity (Wildman–Crippen MR) is 67.6 cm³/mol. The van der Waals surface area contributed by atoms with Crippen LogP contribution in [0.4, 0.5) is 9.59 Å². The van der Waals surface area contributed by atoms with Gasteiger partial charge in [-0.15, -0.1) is 0 Å². The first-order valence-corrected chi connectivity index (χ1v) is 3.69. The van der Waals surface area contributed by atoms with E-state index in [1.807, 2.05) is 0 Å². The maximum absolute atomic E-state index is 9.97. The van der Waals surface area contributed by atoms with Crippen molar-refractivity contribution in [1.82, 2.24) is 0 Å². The Morgan fingerprint density at radius 3 is 1.26 bits per heavy atom. The quantitative estimate of drug-likeness (QED) is 0.629. The Morgan fingerprint density at radius 2 is 1.21 bits per heavy atom. The first-order valence-electron chi connectivity index (χ1n) is 3.69. The molecule has 0 aliphatic carbocycles. The molecular formula is C10H28Ar2O7. The molecule has 0 aromatic carbocycles. The van der Waals surface area contributed by atoms with Crippen molar-refractivity contribution in [2.24, 2.45) is 0 Å². The van der Waals surface area contributed by atoms with Crippen LogP contribution in [0.5, 0.6) is 0 Å². The van der Waals surface area contributed by atoms with Crippen LogP contribution in [-0.2, 0) is 9.47 Å². The number of hydrogen-bond acceptors (Lipinski definition) is 5. The molecule has 0 aromatic heterocycles. The Balaban J connectivity index is -0.0000000151. The zero-order valence-electron chi connectivity index (χ0n) is 9.10. The van der Waals surface area contributed by atoms with Gasteiger partial charge >= 0.3 is 12.3 Å². The third kappa shape index (κ3) is 152. The molecule has 126 valence electrons. The molecule has 0 aromatic rings. The van der Waals surface area contributed by atoms with Gasteiger partial charge in [0.25, 0.3) is 0 Å². The van der Waals surface area contributed by atoms with E-state index in [-0.39, 0.29) is 104 Å². The van der Waals surface area contributed by atoms with Crippen LogP contribution in [0.1, 0.15) is 36.1 Å². The Hall–Kier alpha value is 1.02. The summed E-state index contributed by atoms with van der Waals surface area (Å²) in [6.45, 7) is 4.02. The van der Waals surface area contributed by atoms with Gasteiger partial charge in [-0.25, -0.2) is 9.59 Å². The molecule has 0 heterocycles. The van der Waals surface area contributed by atoms with Gasteiger partial charge in [-0.3, -0.25) is 0 Å². The van der Waals surface area contributed by atoms with Crippen LogP contribution in [0.25, 0.3) is 0 Å². The van der Waals surface area contributed by atoms with E-state index in [2.05, 4.69) is 9.47 Å². The largest absolute Gasteiger partial charge is 0.507 e. The van der Waals surface area contributed by atoms with E-state index in [4.69, 9.17) is 20.1 Å². The third-order valence-electron chi connectivity index (χ3n) is 0.429. The van der Waals surface area contributed by atoms with Crippen molar-refractivity contribution in [3.05, 3.63) is 0 Å². The van der Waals surface area contributed by atoms with Crippen LogP contribution in [-0.4, -0.2) is 48.0 Å². The minimum Gasteiger partial charge on any atom is -0.450 e. The van der Waals surface area contributed by atoms with Crippen molar-refractivity contribution in [2.45, 2.75) is 36.1 Å². The fourth-order valence-electron chi connectivity index (χ4n) is 0.177. The van der Waals surface area contributed by atoms with E-state index in [0.717, 1.165) is 0 Å². The Morgan fingerprint density at radius 1 is 1.00 bits per heavy atom. The summed E-state index contributed by atoms with van der Waals surface area (Å²) in [6.07, 6.45) is -2.46. The first-order chi connectivity index (χ1) is 6.45. The number of hydrogen-bond donors (Lipinski definition) is 3. The topological polar surface area (TPSA) is 113 Å². The van der Waals surface area contributed by atoms with Gasteiger partial charge in [-0.2, -0.15) is 0 Å². The van der Waals surface area contributed by atoms with Crippen molar-refractivity contribution >= 4 is 12.3 Å². The summed E-state index contributed by atoms with van der Waals surface area (Å²) >= 11 is 0. The van der Waals surface area contributed by atoms with Gasteiger partial charge in [0.05, 0.1) is 13.7 Å². The Kier molecular flexibility index (Phi) is 134. The van der Waals surface area contributed by atoms with Gasteiger partial charge < -0.3 is 24.8 Å². The summed E-state index contributed by atoms with van der Waals surface area (Å²) in [5, 5.41) is 21.5. The zero-order chi connectivity index (χ0) is 12.0. The molecule has 3 N–H and O–H groups in total. The number of ether oxygens (including phenoxy) is 2. The number of methoxy groups -OCH3 is 1. The second-order valence-electron chi connectivity index (χ2n) is 1.49. The molecule has 7 nitrogen and oxygen atoms in total. The van der Waals surface area contributed by atoms with Crippen molar-refractivity contribution < 1.29 is 110 Å². The van der Waals surface area contributed by atoms with E-state index in [0.29, 0.717) is 6.61 Å². The third-order valence-corrected chi connectivity index (χ3v) is 0.429. The molecule has 0 saturated carbocycles. The van der Waals surface area contributed by atoms with Gasteiger partial charge in [-0.1, -0.05) is 22.3 Å². The van der Waals surface area contributed by atoms with Crippen LogP contribution < -0.4 is 0 Å². The molecular weight excluding hydrogens is 312 g/mol. The molecule has 0 radical (unpaired) electrons. The molecule has 0 saturated heterocycles. The van der Waals surface area contributed by atoms with Crippen molar-refractivity contribution in [1.29, 1.82) is 0 Å². The average Bonchev–Trinajstić information content (AvgIpc) is 2.05. The fraction of sp³-hybridized carbons (Fsp3) is 0.800. The standard InChI is InChI=1S/C4H8O3.C2H6O.CH2O3.3CH4.2Ar/c1-3-7-4(5)6-2;1-2-3;2-1(3)4;;;;;/h3H2,1-2H3;3H,2H2,1H3;(H2,2,3,4);3*1H4;;. The summed E-state index contributed by atoms with van der Waals surface area (Å²) in [4.78, 5) is 18.5. The molecule has 0 bridgehead atoms. The van der Waals surface area contributed by atoms with Gasteiger partial charge in [0.2, 0.25) is 0 Å². The van der Waals surface area contributed by atoms with Gasteiger partial charge in [0, 0.05) is 82.1 Å². The van der Waals surface area contributed by atoms with Crippen molar-refractivity contribution in [2.75, 3.05) is 20.3 Å². The fourth-order valence-corrected chi connectivity index (χ4v) is 0.177. The summed E-state index contributed by atoms with van der Waals surface area (Å²) < 4.78 is 8.46. The number of carbonyl (C=O) groups is 2. The minimum atomic E-state index is -1.83. The number of rotatable bonds is 1. The molecule has 19 heavy (non-hydrogen) atoms. The molecule has 0 spiro atoms. The average molecular weight is 340 g/mol.